The molecule has 0 radical (unpaired) electrons. The number of aryl methyl sites for hydroxylation is 2. The first-order valence-electron chi connectivity index (χ1n) is 16.6. The standard InChI is InChI=1S/C36H43ClN4O5S/c1-23-6-4-15-36(43,34-38-16-17-40(34)3)30-11-8-27(30)20-41-21-35(14-5-7-25-18-28(37)10-12-29(25)35)22-46-32-13-9-26(19-31(32)41)33(42)39-47(44,45)24(23)2/h4,9-10,12-13,15-19,23-24,27,30,43H,5-8,11,14,20-22H2,1-3H3,(H,39,42)/b15-4+/t23-,24+,27-,30+,35-,36+/m0/s1. The number of carbonyl (C=O) groups excluding carboxylic acids is 1. The fourth-order valence-electron chi connectivity index (χ4n) is 8.26. The summed E-state index contributed by atoms with van der Waals surface area (Å²) in [7, 11) is -2.10. The number of hydrogen-bond acceptors (Lipinski definition) is 7. The molecule has 2 N–H and O–H groups in total. The van der Waals surface area contributed by atoms with Crippen LogP contribution in [0.4, 0.5) is 5.69 Å². The molecular weight excluding hydrogens is 636 g/mol. The van der Waals surface area contributed by atoms with E-state index in [9.17, 15) is 18.3 Å². The van der Waals surface area contributed by atoms with Crippen molar-refractivity contribution in [3.8, 4) is 5.75 Å². The number of benzene rings is 2. The number of halogens is 1. The highest BCUT2D eigenvalue weighted by atomic mass is 35.5. The summed E-state index contributed by atoms with van der Waals surface area (Å²) >= 11 is 6.44. The van der Waals surface area contributed by atoms with Crippen LogP contribution in [0.2, 0.25) is 5.02 Å². The molecule has 2 aromatic carbocycles. The molecule has 3 aromatic rings. The number of carbonyl (C=O) groups is 1. The first kappa shape index (κ1) is 32.2. The molecule has 3 heterocycles. The summed E-state index contributed by atoms with van der Waals surface area (Å²) in [5.74, 6) is 0.267. The van der Waals surface area contributed by atoms with Crippen LogP contribution in [0.1, 0.15) is 73.3 Å². The van der Waals surface area contributed by atoms with Gasteiger partial charge in [0.05, 0.1) is 17.5 Å². The highest BCUT2D eigenvalue weighted by Crippen LogP contribution is 2.50. The highest BCUT2D eigenvalue weighted by Gasteiger charge is 2.50. The topological polar surface area (TPSA) is 114 Å². The Kier molecular flexibility index (Phi) is 8.20. The van der Waals surface area contributed by atoms with Crippen LogP contribution in [0.3, 0.4) is 0 Å². The van der Waals surface area contributed by atoms with Crippen LogP contribution >= 0.6 is 11.6 Å². The van der Waals surface area contributed by atoms with Crippen LogP contribution in [0.15, 0.2) is 60.9 Å². The molecule has 0 unspecified atom stereocenters. The van der Waals surface area contributed by atoms with Crippen LogP contribution in [0, 0.1) is 17.8 Å². The van der Waals surface area contributed by atoms with Gasteiger partial charge in [0.15, 0.2) is 0 Å². The van der Waals surface area contributed by atoms with Crippen LogP contribution in [0.25, 0.3) is 0 Å². The molecule has 2 aliphatic heterocycles. The zero-order valence-electron chi connectivity index (χ0n) is 27.2. The van der Waals surface area contributed by atoms with Crippen molar-refractivity contribution < 1.29 is 23.1 Å². The number of hydrogen-bond donors (Lipinski definition) is 2. The van der Waals surface area contributed by atoms with Crippen LogP contribution in [-0.4, -0.2) is 53.9 Å². The molecule has 11 heteroatoms. The maximum absolute atomic E-state index is 13.5. The summed E-state index contributed by atoms with van der Waals surface area (Å²) in [5.41, 5.74) is 1.82. The third-order valence-corrected chi connectivity index (χ3v) is 13.5. The van der Waals surface area contributed by atoms with E-state index >= 15 is 0 Å². The molecule has 2 aliphatic carbocycles. The summed E-state index contributed by atoms with van der Waals surface area (Å²) in [5, 5.41) is 12.4. The molecule has 7 rings (SSSR count). The van der Waals surface area contributed by atoms with Crippen molar-refractivity contribution in [2.24, 2.45) is 24.8 Å². The third kappa shape index (κ3) is 5.66. The molecule has 0 saturated heterocycles. The Morgan fingerprint density at radius 3 is 2.72 bits per heavy atom. The minimum Gasteiger partial charge on any atom is -0.490 e. The molecule has 250 valence electrons. The van der Waals surface area contributed by atoms with E-state index in [0.29, 0.717) is 37.7 Å². The molecule has 1 spiro atoms. The summed E-state index contributed by atoms with van der Waals surface area (Å²) < 4.78 is 37.6. The average Bonchev–Trinajstić information content (AvgIpc) is 3.40. The van der Waals surface area contributed by atoms with Crippen molar-refractivity contribution in [3.63, 3.8) is 0 Å². The van der Waals surface area contributed by atoms with E-state index in [4.69, 9.17) is 16.3 Å². The SMILES string of the molecule is C[C@@H]1[C@@H](C)C/C=C/[C@](O)(c2nccn2C)[C@@H]2CC[C@H]2CN2C[C@@]3(CCCc4cc(Cl)ccc43)COc3ccc(cc32)C(=O)NS1(=O)=O. The minimum absolute atomic E-state index is 0.114. The Balaban J connectivity index is 1.35. The number of aromatic nitrogens is 2. The van der Waals surface area contributed by atoms with Gasteiger partial charge in [-0.15, -0.1) is 0 Å². The van der Waals surface area contributed by atoms with Gasteiger partial charge in [-0.25, -0.2) is 18.1 Å². The van der Waals surface area contributed by atoms with Gasteiger partial charge in [-0.05, 0) is 105 Å². The molecule has 9 nitrogen and oxygen atoms in total. The molecule has 47 heavy (non-hydrogen) atoms. The summed E-state index contributed by atoms with van der Waals surface area (Å²) in [6.45, 7) is 5.20. The van der Waals surface area contributed by atoms with Crippen molar-refractivity contribution in [2.45, 2.75) is 68.6 Å². The van der Waals surface area contributed by atoms with Crippen molar-refractivity contribution in [2.75, 3.05) is 24.6 Å². The van der Waals surface area contributed by atoms with Gasteiger partial charge in [0, 0.05) is 54.4 Å². The summed E-state index contributed by atoms with van der Waals surface area (Å²) in [6, 6.07) is 11.3. The van der Waals surface area contributed by atoms with Crippen molar-refractivity contribution in [1.29, 1.82) is 0 Å². The van der Waals surface area contributed by atoms with Gasteiger partial charge < -0.3 is 19.3 Å². The molecule has 2 bridgehead atoms. The largest absolute Gasteiger partial charge is 0.490 e. The van der Waals surface area contributed by atoms with Crippen molar-refractivity contribution >= 4 is 33.2 Å². The lowest BCUT2D eigenvalue weighted by atomic mass is 9.63. The number of ether oxygens (including phenoxy) is 1. The van der Waals surface area contributed by atoms with Crippen molar-refractivity contribution in [3.05, 3.63) is 88.5 Å². The second-order valence-electron chi connectivity index (χ2n) is 14.2. The van der Waals surface area contributed by atoms with E-state index in [1.165, 1.54) is 11.1 Å². The van der Waals surface area contributed by atoms with Gasteiger partial charge in [-0.1, -0.05) is 30.7 Å². The Morgan fingerprint density at radius 1 is 1.15 bits per heavy atom. The smallest absolute Gasteiger partial charge is 0.264 e. The van der Waals surface area contributed by atoms with E-state index in [0.717, 1.165) is 42.8 Å². The van der Waals surface area contributed by atoms with Crippen LogP contribution in [-0.2, 0) is 34.5 Å². The van der Waals surface area contributed by atoms with Gasteiger partial charge in [0.2, 0.25) is 10.0 Å². The molecule has 6 atom stereocenters. The average molecular weight is 679 g/mol. The third-order valence-electron chi connectivity index (χ3n) is 11.3. The number of allylic oxidation sites excluding steroid dienone is 1. The van der Waals surface area contributed by atoms with Gasteiger partial charge in [0.1, 0.15) is 17.2 Å². The van der Waals surface area contributed by atoms with Crippen LogP contribution in [0.5, 0.6) is 5.75 Å². The minimum atomic E-state index is -3.99. The number of nitrogens with zero attached hydrogens (tertiary/aromatic N) is 3. The Morgan fingerprint density at radius 2 is 1.98 bits per heavy atom. The second-order valence-corrected chi connectivity index (χ2v) is 16.7. The van der Waals surface area contributed by atoms with Gasteiger partial charge in [-0.2, -0.15) is 0 Å². The number of imidazole rings is 1. The lowest BCUT2D eigenvalue weighted by Gasteiger charge is -2.48. The fourth-order valence-corrected chi connectivity index (χ4v) is 9.74. The normalized spacial score (nSPS) is 32.6. The zero-order valence-corrected chi connectivity index (χ0v) is 28.7. The second kappa shape index (κ2) is 12.0. The lowest BCUT2D eigenvalue weighted by Crippen LogP contribution is -2.52. The number of aliphatic hydroxyl groups is 1. The van der Waals surface area contributed by atoms with Gasteiger partial charge in [0.25, 0.3) is 5.91 Å². The van der Waals surface area contributed by atoms with E-state index in [2.05, 4.69) is 26.7 Å². The Labute approximate surface area is 282 Å². The first-order chi connectivity index (χ1) is 22.4. The van der Waals surface area contributed by atoms with Gasteiger partial charge >= 0.3 is 0 Å². The Bertz CT molecular complexity index is 1840. The van der Waals surface area contributed by atoms with E-state index in [-0.39, 0.29) is 28.7 Å². The quantitative estimate of drug-likeness (QED) is 0.327. The van der Waals surface area contributed by atoms with Crippen LogP contribution < -0.4 is 14.4 Å². The molecule has 1 fully saturated rings. The number of amides is 1. The fraction of sp³-hybridized carbons (Fsp3) is 0.500. The molecule has 1 amide bonds. The monoisotopic (exact) mass is 678 g/mol. The van der Waals surface area contributed by atoms with E-state index in [1.807, 2.05) is 43.0 Å². The number of anilines is 1. The molecule has 1 saturated carbocycles. The van der Waals surface area contributed by atoms with Crippen molar-refractivity contribution in [1.82, 2.24) is 14.3 Å². The number of fused-ring (bicyclic) bond motifs is 4. The molecular formula is C36H43ClN4O5S. The highest BCUT2D eigenvalue weighted by molar-refractivity contribution is 7.90. The first-order valence-corrected chi connectivity index (χ1v) is 18.6. The summed E-state index contributed by atoms with van der Waals surface area (Å²) in [4.78, 5) is 20.4. The molecule has 1 aromatic heterocycles. The predicted octanol–water partition coefficient (Wildman–Crippen LogP) is 5.50. The maximum Gasteiger partial charge on any atom is 0.264 e. The number of rotatable bonds is 1. The number of nitrogens with one attached hydrogen (secondary N) is 1. The van der Waals surface area contributed by atoms with Gasteiger partial charge in [-0.3, -0.25) is 4.79 Å². The lowest BCUT2D eigenvalue weighted by molar-refractivity contribution is -0.0577. The van der Waals surface area contributed by atoms with E-state index in [1.54, 1.807) is 31.3 Å². The number of sulfonamides is 1. The summed E-state index contributed by atoms with van der Waals surface area (Å²) in [6.07, 6.45) is 12.3. The Hall–Kier alpha value is -3.34. The van der Waals surface area contributed by atoms with E-state index < -0.39 is 26.8 Å². The predicted molar refractivity (Wildman–Crippen MR) is 182 cm³/mol. The maximum atomic E-state index is 13.5. The zero-order chi connectivity index (χ0) is 33.1. The molecule has 4 aliphatic rings.